The van der Waals surface area contributed by atoms with Gasteiger partial charge in [0.1, 0.15) is 5.75 Å². The van der Waals surface area contributed by atoms with Crippen LogP contribution in [0.2, 0.25) is 5.28 Å². The number of hydrogen-bond acceptors (Lipinski definition) is 5. The number of anilines is 1. The standard InChI is InChI=1S/C15H19ClN4O/c1-4-11-8-7-9-12(10-11)21-15-18-13(16)17-14(19-15)20(5-2)6-3/h7-10H,4-6H2,1-3H3. The highest BCUT2D eigenvalue weighted by Crippen LogP contribution is 2.22. The van der Waals surface area contributed by atoms with Crippen molar-refractivity contribution >= 4 is 17.5 Å². The van der Waals surface area contributed by atoms with Crippen LogP contribution >= 0.6 is 11.6 Å². The van der Waals surface area contributed by atoms with Crippen molar-refractivity contribution in [3.8, 4) is 11.8 Å². The van der Waals surface area contributed by atoms with Crippen molar-refractivity contribution in [2.45, 2.75) is 27.2 Å². The normalized spacial score (nSPS) is 10.5. The molecule has 0 amide bonds. The third-order valence-electron chi connectivity index (χ3n) is 3.14. The molecule has 0 unspecified atom stereocenters. The molecule has 0 aliphatic rings. The summed E-state index contributed by atoms with van der Waals surface area (Å²) in [5.41, 5.74) is 1.19. The van der Waals surface area contributed by atoms with E-state index in [-0.39, 0.29) is 11.3 Å². The third-order valence-corrected chi connectivity index (χ3v) is 3.31. The van der Waals surface area contributed by atoms with Crippen LogP contribution in [0, 0.1) is 0 Å². The van der Waals surface area contributed by atoms with Gasteiger partial charge >= 0.3 is 6.01 Å². The van der Waals surface area contributed by atoms with Gasteiger partial charge in [-0.25, -0.2) is 0 Å². The Bertz CT molecular complexity index is 602. The molecule has 112 valence electrons. The summed E-state index contributed by atoms with van der Waals surface area (Å²) in [7, 11) is 0. The Balaban J connectivity index is 2.27. The van der Waals surface area contributed by atoms with Crippen LogP contribution in [0.25, 0.3) is 0 Å². The van der Waals surface area contributed by atoms with E-state index < -0.39 is 0 Å². The Kier molecular flexibility index (Phi) is 5.33. The first-order chi connectivity index (χ1) is 10.2. The molecule has 0 fully saturated rings. The average molecular weight is 307 g/mol. The molecular formula is C15H19ClN4O. The second-order valence-electron chi connectivity index (χ2n) is 4.46. The van der Waals surface area contributed by atoms with E-state index in [9.17, 15) is 0 Å². The molecule has 0 aliphatic heterocycles. The van der Waals surface area contributed by atoms with Crippen molar-refractivity contribution in [3.05, 3.63) is 35.1 Å². The topological polar surface area (TPSA) is 51.1 Å². The fourth-order valence-electron chi connectivity index (χ4n) is 1.95. The molecule has 0 saturated carbocycles. The van der Waals surface area contributed by atoms with Crippen molar-refractivity contribution in [1.29, 1.82) is 0 Å². The van der Waals surface area contributed by atoms with Gasteiger partial charge in [0.2, 0.25) is 11.2 Å². The Morgan fingerprint density at radius 2 is 1.86 bits per heavy atom. The maximum atomic E-state index is 5.96. The zero-order valence-electron chi connectivity index (χ0n) is 12.5. The first-order valence-corrected chi connectivity index (χ1v) is 7.47. The van der Waals surface area contributed by atoms with Gasteiger partial charge in [-0.2, -0.15) is 15.0 Å². The van der Waals surface area contributed by atoms with Gasteiger partial charge in [-0.15, -0.1) is 0 Å². The van der Waals surface area contributed by atoms with Crippen LogP contribution in [0.1, 0.15) is 26.3 Å². The minimum absolute atomic E-state index is 0.133. The zero-order valence-corrected chi connectivity index (χ0v) is 13.3. The number of ether oxygens (including phenoxy) is 1. The summed E-state index contributed by atoms with van der Waals surface area (Å²) in [5.74, 6) is 1.23. The Labute approximate surface area is 130 Å². The molecule has 6 heteroatoms. The number of halogens is 1. The number of nitrogens with zero attached hydrogens (tertiary/aromatic N) is 4. The summed E-state index contributed by atoms with van der Waals surface area (Å²) >= 11 is 5.96. The van der Waals surface area contributed by atoms with Crippen LogP contribution in [0.3, 0.4) is 0 Å². The highest BCUT2D eigenvalue weighted by Gasteiger charge is 2.11. The highest BCUT2D eigenvalue weighted by atomic mass is 35.5. The van der Waals surface area contributed by atoms with Gasteiger partial charge in [0.05, 0.1) is 0 Å². The summed E-state index contributed by atoms with van der Waals surface area (Å²) < 4.78 is 5.71. The predicted octanol–water partition coefficient (Wildman–Crippen LogP) is 3.73. The van der Waals surface area contributed by atoms with Gasteiger partial charge in [0.25, 0.3) is 0 Å². The second kappa shape index (κ2) is 7.22. The van der Waals surface area contributed by atoms with Crippen molar-refractivity contribution in [1.82, 2.24) is 15.0 Å². The van der Waals surface area contributed by atoms with Gasteiger partial charge in [-0.3, -0.25) is 0 Å². The quantitative estimate of drug-likeness (QED) is 0.814. The molecule has 1 heterocycles. The van der Waals surface area contributed by atoms with Crippen molar-refractivity contribution in [3.63, 3.8) is 0 Å². The monoisotopic (exact) mass is 306 g/mol. The number of hydrogen-bond donors (Lipinski definition) is 0. The van der Waals surface area contributed by atoms with Crippen molar-refractivity contribution in [2.24, 2.45) is 0 Å². The summed E-state index contributed by atoms with van der Waals surface area (Å²) in [6.45, 7) is 7.75. The lowest BCUT2D eigenvalue weighted by atomic mass is 10.2. The van der Waals surface area contributed by atoms with Gasteiger partial charge < -0.3 is 9.64 Å². The minimum Gasteiger partial charge on any atom is -0.424 e. The van der Waals surface area contributed by atoms with Crippen molar-refractivity contribution < 1.29 is 4.74 Å². The van der Waals surface area contributed by atoms with E-state index in [2.05, 4.69) is 27.9 Å². The second-order valence-corrected chi connectivity index (χ2v) is 4.80. The lowest BCUT2D eigenvalue weighted by Gasteiger charge is -2.18. The van der Waals surface area contributed by atoms with Crippen LogP contribution in [0.5, 0.6) is 11.8 Å². The van der Waals surface area contributed by atoms with Gasteiger partial charge in [-0.1, -0.05) is 19.1 Å². The minimum atomic E-state index is 0.133. The maximum Gasteiger partial charge on any atom is 0.328 e. The van der Waals surface area contributed by atoms with Gasteiger partial charge in [-0.05, 0) is 49.6 Å². The average Bonchev–Trinajstić information content (AvgIpc) is 2.48. The molecule has 0 bridgehead atoms. The molecule has 1 aromatic carbocycles. The molecule has 0 saturated heterocycles. The lowest BCUT2D eigenvalue weighted by Crippen LogP contribution is -2.24. The Hall–Kier alpha value is -1.88. The molecule has 1 aromatic heterocycles. The fraction of sp³-hybridized carbons (Fsp3) is 0.400. The molecule has 0 aliphatic carbocycles. The smallest absolute Gasteiger partial charge is 0.328 e. The van der Waals surface area contributed by atoms with Gasteiger partial charge in [0, 0.05) is 13.1 Å². The molecular weight excluding hydrogens is 288 g/mol. The van der Waals surface area contributed by atoms with E-state index in [1.54, 1.807) is 0 Å². The first-order valence-electron chi connectivity index (χ1n) is 7.09. The van der Waals surface area contributed by atoms with Crippen molar-refractivity contribution in [2.75, 3.05) is 18.0 Å². The van der Waals surface area contributed by atoms with E-state index in [1.165, 1.54) is 5.56 Å². The zero-order chi connectivity index (χ0) is 15.2. The Morgan fingerprint density at radius 3 is 2.52 bits per heavy atom. The summed E-state index contributed by atoms with van der Waals surface area (Å²) in [5, 5.41) is 0.133. The molecule has 0 atom stereocenters. The van der Waals surface area contributed by atoms with Crippen LogP contribution in [-0.4, -0.2) is 28.0 Å². The number of aromatic nitrogens is 3. The number of benzene rings is 1. The molecule has 5 nitrogen and oxygen atoms in total. The molecule has 0 spiro atoms. The molecule has 0 N–H and O–H groups in total. The van der Waals surface area contributed by atoms with E-state index in [0.717, 1.165) is 19.5 Å². The molecule has 2 aromatic rings. The highest BCUT2D eigenvalue weighted by molar-refractivity contribution is 6.28. The number of rotatable bonds is 6. The van der Waals surface area contributed by atoms with E-state index >= 15 is 0 Å². The maximum absolute atomic E-state index is 5.96. The SMILES string of the molecule is CCc1cccc(Oc2nc(Cl)nc(N(CC)CC)n2)c1. The Morgan fingerprint density at radius 1 is 1.10 bits per heavy atom. The summed E-state index contributed by atoms with van der Waals surface area (Å²) in [4.78, 5) is 14.5. The van der Waals surface area contributed by atoms with E-state index in [1.807, 2.05) is 36.9 Å². The predicted molar refractivity (Wildman–Crippen MR) is 84.3 cm³/mol. The first kappa shape index (κ1) is 15.5. The fourth-order valence-corrected chi connectivity index (χ4v) is 2.10. The van der Waals surface area contributed by atoms with Crippen LogP contribution in [-0.2, 0) is 6.42 Å². The summed E-state index contributed by atoms with van der Waals surface area (Å²) in [6.07, 6.45) is 0.944. The number of aryl methyl sites for hydroxylation is 1. The van der Waals surface area contributed by atoms with E-state index in [4.69, 9.17) is 16.3 Å². The van der Waals surface area contributed by atoms with Crippen LogP contribution in [0.15, 0.2) is 24.3 Å². The van der Waals surface area contributed by atoms with Gasteiger partial charge in [0.15, 0.2) is 0 Å². The van der Waals surface area contributed by atoms with Crippen LogP contribution in [0.4, 0.5) is 5.95 Å². The third kappa shape index (κ3) is 4.04. The summed E-state index contributed by atoms with van der Waals surface area (Å²) in [6, 6.07) is 8.05. The molecule has 0 radical (unpaired) electrons. The molecule has 21 heavy (non-hydrogen) atoms. The molecule has 2 rings (SSSR count). The lowest BCUT2D eigenvalue weighted by molar-refractivity contribution is 0.438. The largest absolute Gasteiger partial charge is 0.424 e. The van der Waals surface area contributed by atoms with Crippen LogP contribution < -0.4 is 9.64 Å². The van der Waals surface area contributed by atoms with E-state index in [0.29, 0.717) is 11.7 Å².